The van der Waals surface area contributed by atoms with Crippen LogP contribution in [0.1, 0.15) is 24.2 Å². The van der Waals surface area contributed by atoms with Crippen LogP contribution in [0.2, 0.25) is 0 Å². The van der Waals surface area contributed by atoms with E-state index in [1.54, 1.807) is 12.1 Å². The average molecular weight is 431 g/mol. The summed E-state index contributed by atoms with van der Waals surface area (Å²) in [4.78, 5) is 16.9. The molecule has 0 fully saturated rings. The van der Waals surface area contributed by atoms with E-state index < -0.39 is 0 Å². The van der Waals surface area contributed by atoms with Crippen LogP contribution in [-0.4, -0.2) is 17.5 Å². The number of amides is 1. The zero-order valence-electron chi connectivity index (χ0n) is 14.5. The summed E-state index contributed by atoms with van der Waals surface area (Å²) in [7, 11) is 0. The van der Waals surface area contributed by atoms with Crippen molar-refractivity contribution in [3.8, 4) is 17.0 Å². The van der Waals surface area contributed by atoms with Crippen LogP contribution in [0.5, 0.6) is 5.75 Å². The number of hydrogen-bond acceptors (Lipinski definition) is 4. The van der Waals surface area contributed by atoms with Crippen molar-refractivity contribution in [1.82, 2.24) is 4.98 Å². The second-order valence-electron chi connectivity index (χ2n) is 6.23. The number of hydrogen-bond donors (Lipinski definition) is 1. The molecule has 0 unspecified atom stereocenters. The van der Waals surface area contributed by atoms with Crippen LogP contribution in [-0.2, 0) is 0 Å². The van der Waals surface area contributed by atoms with Crippen molar-refractivity contribution in [2.24, 2.45) is 5.92 Å². The predicted octanol–water partition coefficient (Wildman–Crippen LogP) is 5.86. The predicted molar refractivity (Wildman–Crippen MR) is 110 cm³/mol. The van der Waals surface area contributed by atoms with Crippen LogP contribution >= 0.6 is 27.3 Å². The van der Waals surface area contributed by atoms with Gasteiger partial charge in [0, 0.05) is 21.0 Å². The minimum atomic E-state index is -0.183. The first-order valence-corrected chi connectivity index (χ1v) is 9.94. The van der Waals surface area contributed by atoms with Crippen LogP contribution in [0.3, 0.4) is 0 Å². The van der Waals surface area contributed by atoms with Crippen LogP contribution in [0, 0.1) is 5.92 Å². The molecule has 6 heteroatoms. The summed E-state index contributed by atoms with van der Waals surface area (Å²) in [5.41, 5.74) is 2.43. The lowest BCUT2D eigenvalue weighted by Gasteiger charge is -2.09. The van der Waals surface area contributed by atoms with Gasteiger partial charge in [-0.3, -0.25) is 10.1 Å². The lowest BCUT2D eigenvalue weighted by atomic mass is 10.2. The highest BCUT2D eigenvalue weighted by molar-refractivity contribution is 9.10. The van der Waals surface area contributed by atoms with Gasteiger partial charge in [0.1, 0.15) is 5.75 Å². The molecule has 0 radical (unpaired) electrons. The van der Waals surface area contributed by atoms with Gasteiger partial charge in [0.2, 0.25) is 0 Å². The highest BCUT2D eigenvalue weighted by Crippen LogP contribution is 2.26. The SMILES string of the molecule is CC(C)COc1ccc(C(=O)Nc2nc(-c3ccc(Br)cc3)cs2)cc1. The Morgan fingerprint density at radius 3 is 2.50 bits per heavy atom. The lowest BCUT2D eigenvalue weighted by molar-refractivity contribution is 0.102. The average Bonchev–Trinajstić information content (AvgIpc) is 3.09. The Balaban J connectivity index is 1.64. The Morgan fingerprint density at radius 1 is 1.15 bits per heavy atom. The number of nitrogens with zero attached hydrogens (tertiary/aromatic N) is 1. The van der Waals surface area contributed by atoms with Crippen molar-refractivity contribution < 1.29 is 9.53 Å². The van der Waals surface area contributed by atoms with Gasteiger partial charge in [0.25, 0.3) is 5.91 Å². The van der Waals surface area contributed by atoms with Crippen molar-refractivity contribution in [3.63, 3.8) is 0 Å². The molecule has 1 aromatic heterocycles. The Morgan fingerprint density at radius 2 is 1.85 bits per heavy atom. The topological polar surface area (TPSA) is 51.2 Å². The van der Waals surface area contributed by atoms with Gasteiger partial charge in [0.05, 0.1) is 12.3 Å². The van der Waals surface area contributed by atoms with E-state index in [0.717, 1.165) is 21.5 Å². The number of nitrogens with one attached hydrogen (secondary N) is 1. The molecule has 4 nitrogen and oxygen atoms in total. The first kappa shape index (κ1) is 18.6. The minimum absolute atomic E-state index is 0.183. The normalized spacial score (nSPS) is 10.8. The Labute approximate surface area is 165 Å². The molecule has 0 aliphatic heterocycles. The summed E-state index contributed by atoms with van der Waals surface area (Å²) >= 11 is 4.83. The molecular formula is C20H19BrN2O2S. The molecule has 0 aliphatic rings. The molecule has 0 aliphatic carbocycles. The van der Waals surface area contributed by atoms with Gasteiger partial charge in [-0.1, -0.05) is 41.9 Å². The number of ether oxygens (including phenoxy) is 1. The van der Waals surface area contributed by atoms with Gasteiger partial charge in [-0.25, -0.2) is 4.98 Å². The highest BCUT2D eigenvalue weighted by atomic mass is 79.9. The molecule has 1 N–H and O–H groups in total. The van der Waals surface area contributed by atoms with Gasteiger partial charge in [0.15, 0.2) is 5.13 Å². The molecule has 0 spiro atoms. The fourth-order valence-electron chi connectivity index (χ4n) is 2.22. The Bertz CT molecular complexity index is 874. The third-order valence-electron chi connectivity index (χ3n) is 3.56. The fourth-order valence-corrected chi connectivity index (χ4v) is 3.20. The molecule has 134 valence electrons. The van der Waals surface area contributed by atoms with Crippen LogP contribution in [0.25, 0.3) is 11.3 Å². The van der Waals surface area contributed by atoms with Gasteiger partial charge in [-0.05, 0) is 42.3 Å². The minimum Gasteiger partial charge on any atom is -0.493 e. The first-order chi connectivity index (χ1) is 12.5. The van der Waals surface area contributed by atoms with Crippen molar-refractivity contribution in [1.29, 1.82) is 0 Å². The highest BCUT2D eigenvalue weighted by Gasteiger charge is 2.10. The third-order valence-corrected chi connectivity index (χ3v) is 4.85. The zero-order valence-corrected chi connectivity index (χ0v) is 16.9. The molecule has 3 aromatic rings. The zero-order chi connectivity index (χ0) is 18.5. The molecule has 0 bridgehead atoms. The Kier molecular flexibility index (Phi) is 6.06. The monoisotopic (exact) mass is 430 g/mol. The molecule has 0 atom stereocenters. The number of anilines is 1. The standard InChI is InChI=1S/C20H19BrN2O2S/c1-13(2)11-25-17-9-5-15(6-10-17)19(24)23-20-22-18(12-26-20)14-3-7-16(21)8-4-14/h3-10,12-13H,11H2,1-2H3,(H,22,23,24). The lowest BCUT2D eigenvalue weighted by Crippen LogP contribution is -2.11. The van der Waals surface area contributed by atoms with Crippen molar-refractivity contribution in [2.45, 2.75) is 13.8 Å². The molecule has 3 rings (SSSR count). The molecule has 26 heavy (non-hydrogen) atoms. The molecular weight excluding hydrogens is 412 g/mol. The number of benzene rings is 2. The molecule has 2 aromatic carbocycles. The summed E-state index contributed by atoms with van der Waals surface area (Å²) in [6, 6.07) is 15.0. The van der Waals surface area contributed by atoms with E-state index in [0.29, 0.717) is 23.2 Å². The summed E-state index contributed by atoms with van der Waals surface area (Å²) in [6.45, 7) is 4.85. The second-order valence-corrected chi connectivity index (χ2v) is 8.00. The summed E-state index contributed by atoms with van der Waals surface area (Å²) in [5, 5.41) is 5.36. The molecule has 0 saturated carbocycles. The van der Waals surface area contributed by atoms with E-state index in [-0.39, 0.29) is 5.91 Å². The van der Waals surface area contributed by atoms with E-state index in [4.69, 9.17) is 4.74 Å². The van der Waals surface area contributed by atoms with Crippen LogP contribution in [0.4, 0.5) is 5.13 Å². The number of thiazole rings is 1. The first-order valence-electron chi connectivity index (χ1n) is 8.27. The van der Waals surface area contributed by atoms with Crippen molar-refractivity contribution in [3.05, 3.63) is 63.9 Å². The summed E-state index contributed by atoms with van der Waals surface area (Å²) in [5.74, 6) is 1.04. The Hall–Kier alpha value is -2.18. The quantitative estimate of drug-likeness (QED) is 0.532. The second kappa shape index (κ2) is 8.47. The maximum Gasteiger partial charge on any atom is 0.257 e. The van der Waals surface area contributed by atoms with Gasteiger partial charge in [-0.15, -0.1) is 11.3 Å². The third kappa shape index (κ3) is 4.93. The van der Waals surface area contributed by atoms with Gasteiger partial charge in [-0.2, -0.15) is 0 Å². The maximum atomic E-state index is 12.4. The summed E-state index contributed by atoms with van der Waals surface area (Å²) < 4.78 is 6.66. The number of carbonyl (C=O) groups excluding carboxylic acids is 1. The maximum absolute atomic E-state index is 12.4. The molecule has 0 saturated heterocycles. The summed E-state index contributed by atoms with van der Waals surface area (Å²) in [6.07, 6.45) is 0. The van der Waals surface area contributed by atoms with E-state index in [2.05, 4.69) is 40.1 Å². The van der Waals surface area contributed by atoms with E-state index in [9.17, 15) is 4.79 Å². The van der Waals surface area contributed by atoms with Crippen molar-refractivity contribution in [2.75, 3.05) is 11.9 Å². The van der Waals surface area contributed by atoms with Crippen molar-refractivity contribution >= 4 is 38.3 Å². The van der Waals surface area contributed by atoms with Gasteiger partial charge < -0.3 is 4.74 Å². The van der Waals surface area contributed by atoms with Gasteiger partial charge >= 0.3 is 0 Å². The van der Waals surface area contributed by atoms with Crippen LogP contribution in [0.15, 0.2) is 58.4 Å². The van der Waals surface area contributed by atoms with E-state index in [1.165, 1.54) is 11.3 Å². The van der Waals surface area contributed by atoms with E-state index >= 15 is 0 Å². The fraction of sp³-hybridized carbons (Fsp3) is 0.200. The molecule has 1 amide bonds. The molecule has 1 heterocycles. The number of aromatic nitrogens is 1. The number of rotatable bonds is 6. The smallest absolute Gasteiger partial charge is 0.257 e. The number of halogens is 1. The largest absolute Gasteiger partial charge is 0.493 e. The van der Waals surface area contributed by atoms with Crippen LogP contribution < -0.4 is 10.1 Å². The number of carbonyl (C=O) groups is 1. The van der Waals surface area contributed by atoms with E-state index in [1.807, 2.05) is 41.8 Å².